The maximum absolute atomic E-state index is 5.55. The van der Waals surface area contributed by atoms with Gasteiger partial charge in [0.25, 0.3) is 0 Å². The SMILES string of the molecule is c1ccc(-c2ccn(-c3cc(N4CCOCC4)n4nc(-c5cn[nH]c5)cc4n3)n2)cc1. The van der Waals surface area contributed by atoms with Crippen LogP contribution in [-0.4, -0.2) is 60.9 Å². The molecule has 1 aromatic carbocycles. The van der Waals surface area contributed by atoms with Crippen LogP contribution in [0.15, 0.2) is 67.1 Å². The highest BCUT2D eigenvalue weighted by Gasteiger charge is 2.19. The van der Waals surface area contributed by atoms with Crippen LogP contribution in [0.1, 0.15) is 0 Å². The van der Waals surface area contributed by atoms with Gasteiger partial charge in [0.05, 0.1) is 30.8 Å². The predicted molar refractivity (Wildman–Crippen MR) is 116 cm³/mol. The van der Waals surface area contributed by atoms with E-state index in [0.29, 0.717) is 13.2 Å². The summed E-state index contributed by atoms with van der Waals surface area (Å²) in [6, 6.07) is 16.1. The lowest BCUT2D eigenvalue weighted by Crippen LogP contribution is -2.37. The molecule has 1 N–H and O–H groups in total. The van der Waals surface area contributed by atoms with Gasteiger partial charge in [-0.1, -0.05) is 30.3 Å². The largest absolute Gasteiger partial charge is 0.378 e. The number of hydrogen-bond acceptors (Lipinski definition) is 6. The molecule has 9 heteroatoms. The summed E-state index contributed by atoms with van der Waals surface area (Å²) in [7, 11) is 0. The minimum atomic E-state index is 0.689. The molecule has 0 amide bonds. The number of benzene rings is 1. The summed E-state index contributed by atoms with van der Waals surface area (Å²) in [5, 5.41) is 16.5. The molecule has 0 unspecified atom stereocenters. The van der Waals surface area contributed by atoms with Crippen molar-refractivity contribution < 1.29 is 4.74 Å². The standard InChI is InChI=1S/C22H20N8O/c1-2-4-16(5-3-1)18-6-7-29(26-18)20-13-22(28-8-10-31-11-9-28)30-21(25-20)12-19(27-30)17-14-23-24-15-17/h1-7,12-15H,8-11H2,(H,23,24). The van der Waals surface area contributed by atoms with E-state index in [0.717, 1.165) is 52.9 Å². The molecule has 5 aromatic rings. The number of H-pyrrole nitrogens is 1. The highest BCUT2D eigenvalue weighted by Crippen LogP contribution is 2.25. The number of anilines is 1. The average molecular weight is 412 g/mol. The van der Waals surface area contributed by atoms with Crippen molar-refractivity contribution in [2.75, 3.05) is 31.2 Å². The molecule has 1 aliphatic heterocycles. The van der Waals surface area contributed by atoms with Crippen LogP contribution in [0.3, 0.4) is 0 Å². The first-order valence-electron chi connectivity index (χ1n) is 10.2. The van der Waals surface area contributed by atoms with Crippen LogP contribution in [0, 0.1) is 0 Å². The van der Waals surface area contributed by atoms with Crippen molar-refractivity contribution >= 4 is 11.5 Å². The van der Waals surface area contributed by atoms with Crippen LogP contribution in [0.5, 0.6) is 0 Å². The van der Waals surface area contributed by atoms with E-state index in [9.17, 15) is 0 Å². The normalized spacial score (nSPS) is 14.4. The first kappa shape index (κ1) is 17.8. The summed E-state index contributed by atoms with van der Waals surface area (Å²) in [6.45, 7) is 2.98. The van der Waals surface area contributed by atoms with Crippen LogP contribution in [0.2, 0.25) is 0 Å². The fourth-order valence-electron chi connectivity index (χ4n) is 3.83. The Morgan fingerprint density at radius 1 is 0.903 bits per heavy atom. The summed E-state index contributed by atoms with van der Waals surface area (Å²) in [6.07, 6.45) is 5.53. The van der Waals surface area contributed by atoms with E-state index in [4.69, 9.17) is 19.9 Å². The number of fused-ring (bicyclic) bond motifs is 1. The van der Waals surface area contributed by atoms with Crippen molar-refractivity contribution in [1.29, 1.82) is 0 Å². The Hall–Kier alpha value is -3.98. The maximum Gasteiger partial charge on any atom is 0.160 e. The van der Waals surface area contributed by atoms with Crippen LogP contribution in [-0.2, 0) is 4.74 Å². The van der Waals surface area contributed by atoms with E-state index in [2.05, 4.69) is 27.2 Å². The molecule has 6 rings (SSSR count). The monoisotopic (exact) mass is 412 g/mol. The molecular weight excluding hydrogens is 392 g/mol. The number of rotatable bonds is 4. The highest BCUT2D eigenvalue weighted by molar-refractivity contribution is 5.66. The highest BCUT2D eigenvalue weighted by atomic mass is 16.5. The van der Waals surface area contributed by atoms with E-state index in [1.807, 2.05) is 58.0 Å². The quantitative estimate of drug-likeness (QED) is 0.488. The topological polar surface area (TPSA) is 89.2 Å². The van der Waals surface area contributed by atoms with Crippen molar-refractivity contribution in [2.24, 2.45) is 0 Å². The maximum atomic E-state index is 5.55. The lowest BCUT2D eigenvalue weighted by atomic mass is 10.2. The summed E-state index contributed by atoms with van der Waals surface area (Å²) in [5.74, 6) is 1.71. The second kappa shape index (κ2) is 7.37. The number of morpholine rings is 1. The second-order valence-corrected chi connectivity index (χ2v) is 7.37. The molecule has 0 atom stereocenters. The number of hydrogen-bond donors (Lipinski definition) is 1. The van der Waals surface area contributed by atoms with Crippen molar-refractivity contribution in [2.45, 2.75) is 0 Å². The third-order valence-corrected chi connectivity index (χ3v) is 5.42. The fourth-order valence-corrected chi connectivity index (χ4v) is 3.83. The van der Waals surface area contributed by atoms with E-state index in [-0.39, 0.29) is 0 Å². The van der Waals surface area contributed by atoms with Crippen LogP contribution < -0.4 is 4.90 Å². The Balaban J connectivity index is 1.48. The minimum Gasteiger partial charge on any atom is -0.378 e. The van der Waals surface area contributed by atoms with Gasteiger partial charge in [-0.05, 0) is 6.07 Å². The Bertz CT molecular complexity index is 1320. The van der Waals surface area contributed by atoms with Crippen molar-refractivity contribution in [3.8, 4) is 28.3 Å². The van der Waals surface area contributed by atoms with Crippen molar-refractivity contribution in [3.63, 3.8) is 0 Å². The van der Waals surface area contributed by atoms with Crippen LogP contribution in [0.25, 0.3) is 34.0 Å². The fraction of sp³-hybridized carbons (Fsp3) is 0.182. The summed E-state index contributed by atoms with van der Waals surface area (Å²) in [5.41, 5.74) is 4.47. The first-order valence-corrected chi connectivity index (χ1v) is 10.2. The smallest absolute Gasteiger partial charge is 0.160 e. The van der Waals surface area contributed by atoms with Crippen LogP contribution in [0.4, 0.5) is 5.82 Å². The molecule has 0 aliphatic carbocycles. The van der Waals surface area contributed by atoms with E-state index >= 15 is 0 Å². The molecule has 1 aliphatic rings. The van der Waals surface area contributed by atoms with Gasteiger partial charge < -0.3 is 9.64 Å². The van der Waals surface area contributed by atoms with Gasteiger partial charge in [-0.25, -0.2) is 9.67 Å². The summed E-state index contributed by atoms with van der Waals surface area (Å²) in [4.78, 5) is 7.12. The minimum absolute atomic E-state index is 0.689. The molecule has 1 fully saturated rings. The molecule has 0 bridgehead atoms. The Labute approximate surface area is 177 Å². The summed E-state index contributed by atoms with van der Waals surface area (Å²) >= 11 is 0. The molecule has 9 nitrogen and oxygen atoms in total. The van der Waals surface area contributed by atoms with Gasteiger partial charge in [0.1, 0.15) is 5.82 Å². The molecule has 5 heterocycles. The van der Waals surface area contributed by atoms with Gasteiger partial charge in [0, 0.05) is 48.7 Å². The van der Waals surface area contributed by atoms with Crippen molar-refractivity contribution in [3.05, 3.63) is 67.1 Å². The zero-order chi connectivity index (χ0) is 20.6. The van der Waals surface area contributed by atoms with E-state index < -0.39 is 0 Å². The lowest BCUT2D eigenvalue weighted by molar-refractivity contribution is 0.122. The molecule has 31 heavy (non-hydrogen) atoms. The molecule has 0 spiro atoms. The average Bonchev–Trinajstić information content (AvgIpc) is 3.60. The number of aromatic nitrogens is 7. The Kier molecular flexibility index (Phi) is 4.24. The molecule has 4 aromatic heterocycles. The third-order valence-electron chi connectivity index (χ3n) is 5.42. The predicted octanol–water partition coefficient (Wildman–Crippen LogP) is 2.81. The zero-order valence-corrected chi connectivity index (χ0v) is 16.7. The molecule has 154 valence electrons. The zero-order valence-electron chi connectivity index (χ0n) is 16.7. The van der Waals surface area contributed by atoms with Gasteiger partial charge in [-0.15, -0.1) is 0 Å². The van der Waals surface area contributed by atoms with Gasteiger partial charge in [0.15, 0.2) is 11.5 Å². The number of nitrogens with zero attached hydrogens (tertiary/aromatic N) is 7. The van der Waals surface area contributed by atoms with Gasteiger partial charge >= 0.3 is 0 Å². The van der Waals surface area contributed by atoms with E-state index in [1.165, 1.54) is 0 Å². The molecule has 0 radical (unpaired) electrons. The molecular formula is C22H20N8O. The summed E-state index contributed by atoms with van der Waals surface area (Å²) < 4.78 is 9.25. The lowest BCUT2D eigenvalue weighted by Gasteiger charge is -2.29. The second-order valence-electron chi connectivity index (χ2n) is 7.37. The van der Waals surface area contributed by atoms with Gasteiger partial charge in [-0.2, -0.15) is 19.8 Å². The number of nitrogens with one attached hydrogen (secondary N) is 1. The number of aromatic amines is 1. The molecule has 1 saturated heterocycles. The van der Waals surface area contributed by atoms with Gasteiger partial charge in [-0.3, -0.25) is 5.10 Å². The van der Waals surface area contributed by atoms with E-state index in [1.54, 1.807) is 6.20 Å². The van der Waals surface area contributed by atoms with Crippen LogP contribution >= 0.6 is 0 Å². The van der Waals surface area contributed by atoms with Crippen molar-refractivity contribution in [1.82, 2.24) is 34.6 Å². The number of ether oxygens (including phenoxy) is 1. The Morgan fingerprint density at radius 3 is 2.58 bits per heavy atom. The van der Waals surface area contributed by atoms with Gasteiger partial charge in [0.2, 0.25) is 0 Å². The molecule has 0 saturated carbocycles. The Morgan fingerprint density at radius 2 is 1.77 bits per heavy atom. The first-order chi connectivity index (χ1) is 15.3. The third kappa shape index (κ3) is 3.24.